The lowest BCUT2D eigenvalue weighted by Crippen LogP contribution is -2.51. The lowest BCUT2D eigenvalue weighted by molar-refractivity contribution is -0.124. The number of carbonyl (C=O) groups is 2. The van der Waals surface area contributed by atoms with Crippen LogP contribution in [0.2, 0.25) is 0 Å². The highest BCUT2D eigenvalue weighted by molar-refractivity contribution is 5.82. The van der Waals surface area contributed by atoms with Gasteiger partial charge in [0.05, 0.1) is 6.04 Å². The van der Waals surface area contributed by atoms with Gasteiger partial charge in [-0.25, -0.2) is 0 Å². The Kier molecular flexibility index (Phi) is 7.00. The Morgan fingerprint density at radius 1 is 1.28 bits per heavy atom. The largest absolute Gasteiger partial charge is 0.354 e. The van der Waals surface area contributed by atoms with E-state index in [-0.39, 0.29) is 17.2 Å². The maximum Gasteiger partial charge on any atom is 0.237 e. The zero-order chi connectivity index (χ0) is 18.3. The molecule has 1 aromatic rings. The molecule has 1 fully saturated rings. The van der Waals surface area contributed by atoms with E-state index in [1.165, 1.54) is 5.56 Å². The summed E-state index contributed by atoms with van der Waals surface area (Å²) >= 11 is 0. The van der Waals surface area contributed by atoms with Crippen LogP contribution in [0.4, 0.5) is 0 Å². The molecule has 0 aromatic heterocycles. The van der Waals surface area contributed by atoms with Gasteiger partial charge in [0.15, 0.2) is 0 Å². The summed E-state index contributed by atoms with van der Waals surface area (Å²) in [5.74, 6) is 0.0670. The van der Waals surface area contributed by atoms with Crippen molar-refractivity contribution in [3.63, 3.8) is 0 Å². The van der Waals surface area contributed by atoms with Crippen molar-refractivity contribution in [1.29, 1.82) is 0 Å². The van der Waals surface area contributed by atoms with Crippen LogP contribution in [0.5, 0.6) is 0 Å². The zero-order valence-corrected chi connectivity index (χ0v) is 15.4. The van der Waals surface area contributed by atoms with Crippen molar-refractivity contribution in [2.24, 2.45) is 11.7 Å². The molecule has 1 saturated heterocycles. The van der Waals surface area contributed by atoms with Gasteiger partial charge in [-0.2, -0.15) is 0 Å². The minimum absolute atomic E-state index is 0.0580. The Bertz CT molecular complexity index is 549. The number of nitrogens with two attached hydrogens (primary N) is 1. The molecule has 138 valence electrons. The highest BCUT2D eigenvalue weighted by atomic mass is 16.2. The Hall–Kier alpha value is -1.88. The van der Waals surface area contributed by atoms with Crippen LogP contribution in [0.1, 0.15) is 45.1 Å². The third-order valence-electron chi connectivity index (χ3n) is 5.87. The van der Waals surface area contributed by atoms with Crippen molar-refractivity contribution < 1.29 is 9.59 Å². The SMILES string of the molecule is CCC(CC)(CNC(=O)C(N)C1CCN(C=O)CC1)c1ccccc1. The van der Waals surface area contributed by atoms with Crippen LogP contribution in [0, 0.1) is 5.92 Å². The predicted molar refractivity (Wildman–Crippen MR) is 100 cm³/mol. The zero-order valence-electron chi connectivity index (χ0n) is 15.4. The normalized spacial score (nSPS) is 17.2. The average Bonchev–Trinajstić information content (AvgIpc) is 2.69. The number of piperidine rings is 1. The number of nitrogens with one attached hydrogen (secondary N) is 1. The number of rotatable bonds is 8. The summed E-state index contributed by atoms with van der Waals surface area (Å²) in [6.07, 6.45) is 4.37. The summed E-state index contributed by atoms with van der Waals surface area (Å²) in [6.45, 7) is 6.30. The van der Waals surface area contributed by atoms with Crippen LogP contribution >= 0.6 is 0 Å². The maximum absolute atomic E-state index is 12.6. The summed E-state index contributed by atoms with van der Waals surface area (Å²) in [4.78, 5) is 25.1. The fourth-order valence-electron chi connectivity index (χ4n) is 3.77. The quantitative estimate of drug-likeness (QED) is 0.708. The number of likely N-dealkylation sites (tertiary alicyclic amines) is 1. The molecule has 0 saturated carbocycles. The van der Waals surface area contributed by atoms with E-state index in [9.17, 15) is 9.59 Å². The van der Waals surface area contributed by atoms with Gasteiger partial charge in [-0.3, -0.25) is 9.59 Å². The van der Waals surface area contributed by atoms with Gasteiger partial charge in [-0.05, 0) is 37.2 Å². The number of nitrogens with zero attached hydrogens (tertiary/aromatic N) is 1. The second kappa shape index (κ2) is 8.99. The fraction of sp³-hybridized carbons (Fsp3) is 0.600. The van der Waals surface area contributed by atoms with E-state index in [0.717, 1.165) is 32.1 Å². The van der Waals surface area contributed by atoms with Crippen molar-refractivity contribution in [1.82, 2.24) is 10.2 Å². The molecular weight excluding hydrogens is 314 g/mol. The van der Waals surface area contributed by atoms with E-state index in [1.807, 2.05) is 18.2 Å². The molecule has 1 heterocycles. The molecule has 1 atom stereocenters. The molecule has 0 radical (unpaired) electrons. The second-order valence-electron chi connectivity index (χ2n) is 7.08. The van der Waals surface area contributed by atoms with Crippen LogP contribution in [-0.4, -0.2) is 42.9 Å². The van der Waals surface area contributed by atoms with Crippen LogP contribution in [0.15, 0.2) is 30.3 Å². The summed E-state index contributed by atoms with van der Waals surface area (Å²) in [7, 11) is 0. The van der Waals surface area contributed by atoms with Gasteiger partial charge in [0, 0.05) is 25.0 Å². The second-order valence-corrected chi connectivity index (χ2v) is 7.08. The molecule has 0 aliphatic carbocycles. The molecule has 1 aliphatic heterocycles. The Labute approximate surface area is 151 Å². The molecule has 0 spiro atoms. The van der Waals surface area contributed by atoms with Gasteiger partial charge in [-0.1, -0.05) is 44.2 Å². The van der Waals surface area contributed by atoms with E-state index in [0.29, 0.717) is 19.6 Å². The Balaban J connectivity index is 1.96. The molecule has 2 rings (SSSR count). The fourth-order valence-corrected chi connectivity index (χ4v) is 3.77. The average molecular weight is 345 g/mol. The van der Waals surface area contributed by atoms with Gasteiger partial charge in [0.25, 0.3) is 0 Å². The lowest BCUT2D eigenvalue weighted by Gasteiger charge is -2.35. The summed E-state index contributed by atoms with van der Waals surface area (Å²) in [5, 5.41) is 3.10. The molecule has 3 N–H and O–H groups in total. The Morgan fingerprint density at radius 2 is 1.88 bits per heavy atom. The topological polar surface area (TPSA) is 75.4 Å². The number of hydrogen-bond donors (Lipinski definition) is 2. The maximum atomic E-state index is 12.6. The highest BCUT2D eigenvalue weighted by Crippen LogP contribution is 2.31. The minimum atomic E-state index is -0.504. The van der Waals surface area contributed by atoms with Crippen LogP contribution in [-0.2, 0) is 15.0 Å². The number of benzene rings is 1. The predicted octanol–water partition coefficient (Wildman–Crippen LogP) is 2.06. The standard InChI is InChI=1S/C20H31N3O2/c1-3-20(4-2,17-8-6-5-7-9-17)14-22-19(25)18(21)16-10-12-23(15-24)13-11-16/h5-9,15-16,18H,3-4,10-14,21H2,1-2H3,(H,22,25). The molecular formula is C20H31N3O2. The first-order valence-electron chi connectivity index (χ1n) is 9.34. The first kappa shape index (κ1) is 19.4. The molecule has 1 aromatic carbocycles. The van der Waals surface area contributed by atoms with Crippen molar-refractivity contribution in [2.75, 3.05) is 19.6 Å². The van der Waals surface area contributed by atoms with Crippen LogP contribution in [0.3, 0.4) is 0 Å². The van der Waals surface area contributed by atoms with Crippen molar-refractivity contribution >= 4 is 12.3 Å². The summed E-state index contributed by atoms with van der Waals surface area (Å²) in [5.41, 5.74) is 7.41. The third-order valence-corrected chi connectivity index (χ3v) is 5.87. The van der Waals surface area contributed by atoms with E-state index in [1.54, 1.807) is 4.90 Å². The molecule has 5 heteroatoms. The first-order chi connectivity index (χ1) is 12.1. The van der Waals surface area contributed by atoms with Crippen molar-refractivity contribution in [3.05, 3.63) is 35.9 Å². The van der Waals surface area contributed by atoms with Gasteiger partial charge in [0.1, 0.15) is 0 Å². The Morgan fingerprint density at radius 3 is 2.40 bits per heavy atom. The molecule has 25 heavy (non-hydrogen) atoms. The van der Waals surface area contributed by atoms with Gasteiger partial charge in [0.2, 0.25) is 12.3 Å². The van der Waals surface area contributed by atoms with Crippen LogP contribution < -0.4 is 11.1 Å². The van der Waals surface area contributed by atoms with E-state index < -0.39 is 6.04 Å². The summed E-state index contributed by atoms with van der Waals surface area (Å²) < 4.78 is 0. The number of amides is 2. The smallest absolute Gasteiger partial charge is 0.237 e. The number of hydrogen-bond acceptors (Lipinski definition) is 3. The number of carbonyl (C=O) groups excluding carboxylic acids is 2. The van der Waals surface area contributed by atoms with E-state index >= 15 is 0 Å². The van der Waals surface area contributed by atoms with Gasteiger partial charge >= 0.3 is 0 Å². The highest BCUT2D eigenvalue weighted by Gasteiger charge is 2.32. The van der Waals surface area contributed by atoms with E-state index in [4.69, 9.17) is 5.73 Å². The van der Waals surface area contributed by atoms with Gasteiger partial charge in [-0.15, -0.1) is 0 Å². The van der Waals surface area contributed by atoms with Gasteiger partial charge < -0.3 is 16.0 Å². The van der Waals surface area contributed by atoms with E-state index in [2.05, 4.69) is 31.3 Å². The third kappa shape index (κ3) is 4.60. The summed E-state index contributed by atoms with van der Waals surface area (Å²) in [6, 6.07) is 9.87. The molecule has 0 bridgehead atoms. The molecule has 1 unspecified atom stereocenters. The monoisotopic (exact) mass is 345 g/mol. The van der Waals surface area contributed by atoms with Crippen molar-refractivity contribution in [2.45, 2.75) is 51.0 Å². The minimum Gasteiger partial charge on any atom is -0.354 e. The first-order valence-corrected chi connectivity index (χ1v) is 9.34. The molecule has 5 nitrogen and oxygen atoms in total. The van der Waals surface area contributed by atoms with Crippen LogP contribution in [0.25, 0.3) is 0 Å². The van der Waals surface area contributed by atoms with Crippen molar-refractivity contribution in [3.8, 4) is 0 Å². The lowest BCUT2D eigenvalue weighted by atomic mass is 9.75. The molecule has 2 amide bonds. The molecule has 1 aliphatic rings.